The molecule has 2 aromatic rings. The number of carbonyl (C=O) groups excluding carboxylic acids is 1. The molecule has 0 atom stereocenters. The average molecular weight is 260 g/mol. The molecule has 4 nitrogen and oxygen atoms in total. The quantitative estimate of drug-likeness (QED) is 0.838. The van der Waals surface area contributed by atoms with Crippen LogP contribution in [-0.4, -0.2) is 19.0 Å². The van der Waals surface area contributed by atoms with Crippen LogP contribution in [0.2, 0.25) is 0 Å². The van der Waals surface area contributed by atoms with Gasteiger partial charge in [-0.15, -0.1) is 0 Å². The van der Waals surface area contributed by atoms with Gasteiger partial charge in [0.1, 0.15) is 5.58 Å². The summed E-state index contributed by atoms with van der Waals surface area (Å²) in [6.07, 6.45) is 1.74. The van der Waals surface area contributed by atoms with Gasteiger partial charge >= 0.3 is 0 Å². The summed E-state index contributed by atoms with van der Waals surface area (Å²) >= 11 is 0. The van der Waals surface area contributed by atoms with E-state index in [1.165, 1.54) is 0 Å². The zero-order valence-electron chi connectivity index (χ0n) is 11.4. The first-order valence-corrected chi connectivity index (χ1v) is 6.59. The Morgan fingerprint density at radius 2 is 2.11 bits per heavy atom. The third kappa shape index (κ3) is 3.83. The Balaban J connectivity index is 1.81. The largest absolute Gasteiger partial charge is 0.464 e. The van der Waals surface area contributed by atoms with Crippen molar-refractivity contribution in [1.82, 2.24) is 10.6 Å². The molecule has 102 valence electrons. The Kier molecular flexibility index (Phi) is 4.58. The summed E-state index contributed by atoms with van der Waals surface area (Å²) in [5.41, 5.74) is 1.95. The summed E-state index contributed by atoms with van der Waals surface area (Å²) in [5.74, 6) is 0.503. The summed E-state index contributed by atoms with van der Waals surface area (Å²) < 4.78 is 5.44. The molecular weight excluding hydrogens is 240 g/mol. The van der Waals surface area contributed by atoms with Gasteiger partial charge in [0, 0.05) is 24.0 Å². The summed E-state index contributed by atoms with van der Waals surface area (Å²) in [6.45, 7) is 5.82. The van der Waals surface area contributed by atoms with Crippen molar-refractivity contribution in [2.75, 3.05) is 13.1 Å². The fraction of sp³-hybridized carbons (Fsp3) is 0.400. The van der Waals surface area contributed by atoms with E-state index >= 15 is 0 Å². The normalized spacial score (nSPS) is 11.1. The lowest BCUT2D eigenvalue weighted by Crippen LogP contribution is -2.35. The van der Waals surface area contributed by atoms with E-state index in [1.54, 1.807) is 6.26 Å². The van der Waals surface area contributed by atoms with Crippen molar-refractivity contribution in [3.8, 4) is 0 Å². The summed E-state index contributed by atoms with van der Waals surface area (Å²) in [4.78, 5) is 11.5. The lowest BCUT2D eigenvalue weighted by Gasteiger charge is -2.08. The number of nitrogens with one attached hydrogen (secondary N) is 2. The van der Waals surface area contributed by atoms with Crippen molar-refractivity contribution < 1.29 is 9.21 Å². The Hall–Kier alpha value is -1.81. The molecule has 0 saturated carbocycles. The molecule has 0 fully saturated rings. The predicted molar refractivity (Wildman–Crippen MR) is 75.8 cm³/mol. The monoisotopic (exact) mass is 260 g/mol. The molecule has 0 spiro atoms. The standard InChI is InChI=1S/C15H20N2O2/c1-11(2)7-17-15(18)9-16-8-12-10-19-14-6-4-3-5-13(12)14/h3-6,10-11,16H,7-9H2,1-2H3,(H,17,18). The first kappa shape index (κ1) is 13.6. The van der Waals surface area contributed by atoms with Crippen LogP contribution < -0.4 is 10.6 Å². The van der Waals surface area contributed by atoms with Crippen LogP contribution in [0.3, 0.4) is 0 Å². The smallest absolute Gasteiger partial charge is 0.233 e. The molecule has 2 N–H and O–H groups in total. The summed E-state index contributed by atoms with van der Waals surface area (Å²) in [6, 6.07) is 7.89. The average Bonchev–Trinajstić information content (AvgIpc) is 2.80. The predicted octanol–water partition coefficient (Wildman–Crippen LogP) is 2.29. The topological polar surface area (TPSA) is 54.3 Å². The van der Waals surface area contributed by atoms with Gasteiger partial charge < -0.3 is 15.1 Å². The first-order chi connectivity index (χ1) is 9.16. The van der Waals surface area contributed by atoms with Gasteiger partial charge in [-0.05, 0) is 12.0 Å². The Morgan fingerprint density at radius 3 is 2.89 bits per heavy atom. The fourth-order valence-corrected chi connectivity index (χ4v) is 1.86. The highest BCUT2D eigenvalue weighted by Gasteiger charge is 2.06. The van der Waals surface area contributed by atoms with Crippen molar-refractivity contribution in [3.05, 3.63) is 36.1 Å². The number of fused-ring (bicyclic) bond motifs is 1. The minimum Gasteiger partial charge on any atom is -0.464 e. The number of furan rings is 1. The molecule has 0 aliphatic heterocycles. The second kappa shape index (κ2) is 6.38. The van der Waals surface area contributed by atoms with Crippen LogP contribution in [0.4, 0.5) is 0 Å². The van der Waals surface area contributed by atoms with Crippen LogP contribution in [0.5, 0.6) is 0 Å². The van der Waals surface area contributed by atoms with Crippen LogP contribution in [0, 0.1) is 5.92 Å². The highest BCUT2D eigenvalue weighted by Crippen LogP contribution is 2.20. The number of carbonyl (C=O) groups is 1. The number of rotatable bonds is 6. The van der Waals surface area contributed by atoms with Gasteiger partial charge in [0.15, 0.2) is 0 Å². The van der Waals surface area contributed by atoms with Crippen LogP contribution >= 0.6 is 0 Å². The van der Waals surface area contributed by atoms with Crippen molar-refractivity contribution >= 4 is 16.9 Å². The van der Waals surface area contributed by atoms with E-state index < -0.39 is 0 Å². The molecule has 1 amide bonds. The second-order valence-corrected chi connectivity index (χ2v) is 5.06. The number of para-hydroxylation sites is 1. The maximum Gasteiger partial charge on any atom is 0.233 e. The molecule has 2 rings (SSSR count). The highest BCUT2D eigenvalue weighted by atomic mass is 16.3. The third-order valence-corrected chi connectivity index (χ3v) is 2.87. The maximum atomic E-state index is 11.5. The molecule has 0 bridgehead atoms. The van der Waals surface area contributed by atoms with Crippen LogP contribution in [-0.2, 0) is 11.3 Å². The van der Waals surface area contributed by atoms with E-state index in [0.717, 1.165) is 23.1 Å². The molecule has 0 aliphatic rings. The van der Waals surface area contributed by atoms with Crippen molar-refractivity contribution in [1.29, 1.82) is 0 Å². The van der Waals surface area contributed by atoms with E-state index in [1.807, 2.05) is 24.3 Å². The molecule has 1 aromatic heterocycles. The lowest BCUT2D eigenvalue weighted by atomic mass is 10.2. The molecule has 0 saturated heterocycles. The first-order valence-electron chi connectivity index (χ1n) is 6.59. The third-order valence-electron chi connectivity index (χ3n) is 2.87. The van der Waals surface area contributed by atoms with Gasteiger partial charge in [-0.3, -0.25) is 4.79 Å². The van der Waals surface area contributed by atoms with Gasteiger partial charge in [-0.1, -0.05) is 32.0 Å². The lowest BCUT2D eigenvalue weighted by molar-refractivity contribution is -0.120. The van der Waals surface area contributed by atoms with E-state index in [4.69, 9.17) is 4.42 Å². The van der Waals surface area contributed by atoms with E-state index in [0.29, 0.717) is 19.0 Å². The van der Waals surface area contributed by atoms with E-state index in [2.05, 4.69) is 24.5 Å². The Labute approximate surface area is 113 Å². The van der Waals surface area contributed by atoms with Crippen LogP contribution in [0.1, 0.15) is 19.4 Å². The highest BCUT2D eigenvalue weighted by molar-refractivity contribution is 5.81. The molecular formula is C15H20N2O2. The molecule has 1 aromatic carbocycles. The fourth-order valence-electron chi connectivity index (χ4n) is 1.86. The van der Waals surface area contributed by atoms with Gasteiger partial charge in [0.05, 0.1) is 12.8 Å². The van der Waals surface area contributed by atoms with Gasteiger partial charge in [0.2, 0.25) is 5.91 Å². The molecule has 0 radical (unpaired) electrons. The van der Waals surface area contributed by atoms with Gasteiger partial charge in [0.25, 0.3) is 0 Å². The zero-order valence-corrected chi connectivity index (χ0v) is 11.4. The van der Waals surface area contributed by atoms with Crippen LogP contribution in [0.25, 0.3) is 11.0 Å². The van der Waals surface area contributed by atoms with Crippen LogP contribution in [0.15, 0.2) is 34.9 Å². The maximum absolute atomic E-state index is 11.5. The zero-order chi connectivity index (χ0) is 13.7. The van der Waals surface area contributed by atoms with Crippen molar-refractivity contribution in [2.24, 2.45) is 5.92 Å². The number of benzene rings is 1. The summed E-state index contributed by atoms with van der Waals surface area (Å²) in [5, 5.41) is 7.10. The van der Waals surface area contributed by atoms with Gasteiger partial charge in [-0.25, -0.2) is 0 Å². The molecule has 19 heavy (non-hydrogen) atoms. The van der Waals surface area contributed by atoms with Crippen molar-refractivity contribution in [3.63, 3.8) is 0 Å². The summed E-state index contributed by atoms with van der Waals surface area (Å²) in [7, 11) is 0. The Morgan fingerprint density at radius 1 is 1.32 bits per heavy atom. The minimum atomic E-state index is 0.0292. The van der Waals surface area contributed by atoms with Crippen molar-refractivity contribution in [2.45, 2.75) is 20.4 Å². The molecule has 1 heterocycles. The Bertz CT molecular complexity index is 546. The minimum absolute atomic E-state index is 0.0292. The van der Waals surface area contributed by atoms with E-state index in [-0.39, 0.29) is 5.91 Å². The number of hydrogen-bond donors (Lipinski definition) is 2. The van der Waals surface area contributed by atoms with Gasteiger partial charge in [-0.2, -0.15) is 0 Å². The number of hydrogen-bond acceptors (Lipinski definition) is 3. The SMILES string of the molecule is CC(C)CNC(=O)CNCc1coc2ccccc12. The molecule has 0 unspecified atom stereocenters. The second-order valence-electron chi connectivity index (χ2n) is 5.06. The number of amides is 1. The molecule has 0 aliphatic carbocycles. The molecule has 4 heteroatoms. The van der Waals surface area contributed by atoms with E-state index in [9.17, 15) is 4.79 Å².